The van der Waals surface area contributed by atoms with E-state index < -0.39 is 18.1 Å². The predicted octanol–water partition coefficient (Wildman–Crippen LogP) is 2.35. The van der Waals surface area contributed by atoms with Crippen molar-refractivity contribution in [3.8, 4) is 5.75 Å². The molecule has 0 unspecified atom stereocenters. The van der Waals surface area contributed by atoms with Gasteiger partial charge in [-0.25, -0.2) is 4.79 Å². The predicted molar refractivity (Wildman–Crippen MR) is 58.6 cm³/mol. The molecule has 0 aliphatic carbocycles. The molecule has 18 heavy (non-hydrogen) atoms. The second-order valence-corrected chi connectivity index (χ2v) is 3.20. The number of anilines is 1. The van der Waals surface area contributed by atoms with Crippen LogP contribution >= 0.6 is 0 Å². The Kier molecular flexibility index (Phi) is 4.19. The first-order valence-electron chi connectivity index (χ1n) is 4.73. The number of alkyl halides is 3. The highest BCUT2D eigenvalue weighted by atomic mass is 19.4. The van der Waals surface area contributed by atoms with E-state index in [4.69, 9.17) is 5.73 Å². The van der Waals surface area contributed by atoms with Crippen LogP contribution in [0.1, 0.15) is 5.56 Å². The molecule has 98 valence electrons. The van der Waals surface area contributed by atoms with Gasteiger partial charge in [-0.2, -0.15) is 0 Å². The summed E-state index contributed by atoms with van der Waals surface area (Å²) < 4.78 is 44.5. The Morgan fingerprint density at radius 3 is 2.61 bits per heavy atom. The van der Waals surface area contributed by atoms with Crippen molar-refractivity contribution >= 4 is 17.7 Å². The molecule has 0 fully saturated rings. The number of hydrogen-bond donors (Lipinski definition) is 1. The van der Waals surface area contributed by atoms with Crippen LogP contribution in [0.5, 0.6) is 5.75 Å². The molecule has 2 N–H and O–H groups in total. The van der Waals surface area contributed by atoms with Crippen LogP contribution in [-0.4, -0.2) is 19.4 Å². The second-order valence-electron chi connectivity index (χ2n) is 3.20. The normalized spacial score (nSPS) is 11.6. The number of nitrogens with two attached hydrogens (primary N) is 1. The maximum atomic E-state index is 12.1. The van der Waals surface area contributed by atoms with Crippen molar-refractivity contribution in [1.29, 1.82) is 0 Å². The van der Waals surface area contributed by atoms with E-state index in [1.165, 1.54) is 12.1 Å². The lowest BCUT2D eigenvalue weighted by Gasteiger charge is -2.11. The molecule has 7 heteroatoms. The monoisotopic (exact) mass is 261 g/mol. The number of ether oxygens (including phenoxy) is 2. The summed E-state index contributed by atoms with van der Waals surface area (Å²) in [5.74, 6) is -1.15. The van der Waals surface area contributed by atoms with Gasteiger partial charge in [0.15, 0.2) is 0 Å². The highest BCUT2D eigenvalue weighted by Gasteiger charge is 2.31. The smallest absolute Gasteiger partial charge is 0.466 e. The molecular formula is C11H10F3NO3. The van der Waals surface area contributed by atoms with E-state index in [0.29, 0.717) is 0 Å². The Morgan fingerprint density at radius 2 is 2.06 bits per heavy atom. The largest absolute Gasteiger partial charge is 0.573 e. The topological polar surface area (TPSA) is 61.5 Å². The summed E-state index contributed by atoms with van der Waals surface area (Å²) in [6.07, 6.45) is -2.72. The molecule has 0 aliphatic rings. The number of carbonyl (C=O) groups excluding carboxylic acids is 1. The molecule has 0 amide bonds. The SMILES string of the molecule is COC(=O)C=Cc1cc(N)ccc1OC(F)(F)F. The zero-order chi connectivity index (χ0) is 13.8. The number of esters is 1. The summed E-state index contributed by atoms with van der Waals surface area (Å²) in [6, 6.07) is 3.58. The van der Waals surface area contributed by atoms with Crippen LogP contribution in [0.25, 0.3) is 6.08 Å². The molecule has 0 spiro atoms. The molecule has 0 aliphatic heterocycles. The molecule has 0 heterocycles. The van der Waals surface area contributed by atoms with E-state index in [1.54, 1.807) is 0 Å². The molecule has 0 radical (unpaired) electrons. The van der Waals surface area contributed by atoms with Gasteiger partial charge in [0.2, 0.25) is 0 Å². The molecular weight excluding hydrogens is 251 g/mol. The van der Waals surface area contributed by atoms with Gasteiger partial charge >= 0.3 is 12.3 Å². The number of methoxy groups -OCH3 is 1. The average Bonchev–Trinajstić information content (AvgIpc) is 2.27. The number of halogens is 3. The minimum absolute atomic E-state index is 0.0257. The molecule has 1 aromatic rings. The lowest BCUT2D eigenvalue weighted by molar-refractivity contribution is -0.274. The van der Waals surface area contributed by atoms with Gasteiger partial charge in [0.25, 0.3) is 0 Å². The van der Waals surface area contributed by atoms with Gasteiger partial charge in [-0.3, -0.25) is 0 Å². The molecule has 0 saturated heterocycles. The fourth-order valence-corrected chi connectivity index (χ4v) is 1.14. The lowest BCUT2D eigenvalue weighted by atomic mass is 10.1. The van der Waals surface area contributed by atoms with Crippen LogP contribution in [0.3, 0.4) is 0 Å². The Bertz CT molecular complexity index is 469. The fraction of sp³-hybridized carbons (Fsp3) is 0.182. The van der Waals surface area contributed by atoms with Crippen molar-refractivity contribution in [2.75, 3.05) is 12.8 Å². The van der Waals surface area contributed by atoms with Crippen LogP contribution < -0.4 is 10.5 Å². The van der Waals surface area contributed by atoms with Gasteiger partial charge in [0, 0.05) is 17.3 Å². The minimum atomic E-state index is -4.82. The highest BCUT2D eigenvalue weighted by molar-refractivity contribution is 5.87. The minimum Gasteiger partial charge on any atom is -0.466 e. The summed E-state index contributed by atoms with van der Waals surface area (Å²) in [4.78, 5) is 10.9. The highest BCUT2D eigenvalue weighted by Crippen LogP contribution is 2.28. The van der Waals surface area contributed by atoms with Crippen molar-refractivity contribution in [1.82, 2.24) is 0 Å². The summed E-state index contributed by atoms with van der Waals surface area (Å²) >= 11 is 0. The van der Waals surface area contributed by atoms with Gasteiger partial charge < -0.3 is 15.2 Å². The van der Waals surface area contributed by atoms with E-state index in [-0.39, 0.29) is 11.3 Å². The van der Waals surface area contributed by atoms with Gasteiger partial charge in [0.05, 0.1) is 7.11 Å². The van der Waals surface area contributed by atoms with Crippen LogP contribution in [0, 0.1) is 0 Å². The Morgan fingerprint density at radius 1 is 1.39 bits per heavy atom. The maximum absolute atomic E-state index is 12.1. The van der Waals surface area contributed by atoms with Crippen molar-refractivity contribution in [3.05, 3.63) is 29.8 Å². The number of rotatable bonds is 3. The number of hydrogen-bond acceptors (Lipinski definition) is 4. The number of nitrogen functional groups attached to an aromatic ring is 1. The van der Waals surface area contributed by atoms with Gasteiger partial charge in [-0.05, 0) is 24.3 Å². The fourth-order valence-electron chi connectivity index (χ4n) is 1.14. The Balaban J connectivity index is 3.04. The summed E-state index contributed by atoms with van der Waals surface area (Å²) in [7, 11) is 1.15. The van der Waals surface area contributed by atoms with E-state index in [1.807, 2.05) is 0 Å². The second kappa shape index (κ2) is 5.44. The lowest BCUT2D eigenvalue weighted by Crippen LogP contribution is -2.17. The molecule has 0 bridgehead atoms. The first-order valence-corrected chi connectivity index (χ1v) is 4.73. The van der Waals surface area contributed by atoms with Crippen LogP contribution in [0.4, 0.5) is 18.9 Å². The van der Waals surface area contributed by atoms with E-state index in [2.05, 4.69) is 9.47 Å². The van der Waals surface area contributed by atoms with E-state index in [0.717, 1.165) is 25.3 Å². The van der Waals surface area contributed by atoms with Crippen LogP contribution in [0.2, 0.25) is 0 Å². The standard InChI is InChI=1S/C11H10F3NO3/c1-17-10(16)5-2-7-6-8(15)3-4-9(7)18-11(12,13)14/h2-6H,15H2,1H3. The summed E-state index contributed by atoms with van der Waals surface area (Å²) in [6.45, 7) is 0. The molecule has 0 aromatic heterocycles. The van der Waals surface area contributed by atoms with Crippen molar-refractivity contribution in [3.63, 3.8) is 0 Å². The number of carbonyl (C=O) groups is 1. The summed E-state index contributed by atoms with van der Waals surface area (Å²) in [5.41, 5.74) is 5.71. The molecule has 1 aromatic carbocycles. The summed E-state index contributed by atoms with van der Waals surface area (Å²) in [5, 5.41) is 0. The molecule has 1 rings (SSSR count). The first-order chi connectivity index (χ1) is 8.31. The van der Waals surface area contributed by atoms with Gasteiger partial charge in [0.1, 0.15) is 5.75 Å². The first kappa shape index (κ1) is 13.9. The molecule has 4 nitrogen and oxygen atoms in total. The van der Waals surface area contributed by atoms with E-state index in [9.17, 15) is 18.0 Å². The van der Waals surface area contributed by atoms with Gasteiger partial charge in [-0.15, -0.1) is 13.2 Å². The Hall–Kier alpha value is -2.18. The quantitative estimate of drug-likeness (QED) is 0.515. The Labute approximate surface area is 101 Å². The van der Waals surface area contributed by atoms with Crippen molar-refractivity contribution < 1.29 is 27.4 Å². The zero-order valence-corrected chi connectivity index (χ0v) is 9.32. The van der Waals surface area contributed by atoms with Crippen LogP contribution in [0.15, 0.2) is 24.3 Å². The van der Waals surface area contributed by atoms with Crippen LogP contribution in [-0.2, 0) is 9.53 Å². The third kappa shape index (κ3) is 4.36. The number of benzene rings is 1. The van der Waals surface area contributed by atoms with Gasteiger partial charge in [-0.1, -0.05) is 0 Å². The third-order valence-corrected chi connectivity index (χ3v) is 1.86. The van der Waals surface area contributed by atoms with Crippen molar-refractivity contribution in [2.24, 2.45) is 0 Å². The molecule has 0 atom stereocenters. The van der Waals surface area contributed by atoms with Crippen molar-refractivity contribution in [2.45, 2.75) is 6.36 Å². The zero-order valence-electron chi connectivity index (χ0n) is 9.32. The third-order valence-electron chi connectivity index (χ3n) is 1.86. The van der Waals surface area contributed by atoms with E-state index >= 15 is 0 Å². The maximum Gasteiger partial charge on any atom is 0.573 e. The average molecular weight is 261 g/mol. The molecule has 0 saturated carbocycles.